The van der Waals surface area contributed by atoms with Gasteiger partial charge in [-0.15, -0.1) is 10.2 Å². The molecule has 2 heterocycles. The Bertz CT molecular complexity index is 596. The standard InChI is InChI=1S/C10H7FN4O2S/c1-5(16)9-14-15-10(18-9)13-8(17)7-3-2-6(11)4-12-7/h2-4H,1H3,(H,13,15,17). The third-order valence-corrected chi connectivity index (χ3v) is 2.85. The second kappa shape index (κ2) is 4.96. The number of hydrogen-bond acceptors (Lipinski definition) is 6. The lowest BCUT2D eigenvalue weighted by Crippen LogP contribution is -2.13. The first-order valence-electron chi connectivity index (χ1n) is 4.83. The van der Waals surface area contributed by atoms with Crippen LogP contribution in [0.1, 0.15) is 27.2 Å². The second-order valence-electron chi connectivity index (χ2n) is 3.28. The van der Waals surface area contributed by atoms with Gasteiger partial charge in [-0.2, -0.15) is 0 Å². The first-order valence-corrected chi connectivity index (χ1v) is 5.65. The number of hydrogen-bond donors (Lipinski definition) is 1. The SMILES string of the molecule is CC(=O)c1nnc(NC(=O)c2ccc(F)cn2)s1. The van der Waals surface area contributed by atoms with Gasteiger partial charge in [-0.25, -0.2) is 9.37 Å². The van der Waals surface area contributed by atoms with Crippen LogP contribution in [0.15, 0.2) is 18.3 Å². The molecule has 8 heteroatoms. The lowest BCUT2D eigenvalue weighted by molar-refractivity contribution is 0.101. The quantitative estimate of drug-likeness (QED) is 0.851. The summed E-state index contributed by atoms with van der Waals surface area (Å²) in [5.41, 5.74) is 0.0518. The molecule has 0 aliphatic carbocycles. The molecule has 0 fully saturated rings. The normalized spacial score (nSPS) is 10.1. The number of ketones is 1. The molecule has 0 atom stereocenters. The van der Waals surface area contributed by atoms with Crippen LogP contribution >= 0.6 is 11.3 Å². The largest absolute Gasteiger partial charge is 0.295 e. The Hall–Kier alpha value is -2.22. The molecule has 0 spiro atoms. The average Bonchev–Trinajstić information content (AvgIpc) is 2.78. The maximum atomic E-state index is 12.6. The van der Waals surface area contributed by atoms with Gasteiger partial charge < -0.3 is 0 Å². The van der Waals surface area contributed by atoms with Crippen LogP contribution < -0.4 is 5.32 Å². The van der Waals surface area contributed by atoms with Gasteiger partial charge in [0.2, 0.25) is 5.13 Å². The summed E-state index contributed by atoms with van der Waals surface area (Å²) in [4.78, 5) is 26.3. The van der Waals surface area contributed by atoms with Crippen LogP contribution in [0, 0.1) is 5.82 Å². The van der Waals surface area contributed by atoms with Gasteiger partial charge in [-0.3, -0.25) is 14.9 Å². The number of nitrogens with zero attached hydrogens (tertiary/aromatic N) is 3. The summed E-state index contributed by atoms with van der Waals surface area (Å²) in [7, 11) is 0. The van der Waals surface area contributed by atoms with E-state index < -0.39 is 11.7 Å². The van der Waals surface area contributed by atoms with Gasteiger partial charge in [0.1, 0.15) is 11.5 Å². The van der Waals surface area contributed by atoms with E-state index in [4.69, 9.17) is 0 Å². The Morgan fingerprint density at radius 2 is 2.11 bits per heavy atom. The highest BCUT2D eigenvalue weighted by atomic mass is 32.1. The molecule has 0 bridgehead atoms. The van der Waals surface area contributed by atoms with E-state index >= 15 is 0 Å². The van der Waals surface area contributed by atoms with Gasteiger partial charge in [-0.05, 0) is 12.1 Å². The molecular formula is C10H7FN4O2S. The van der Waals surface area contributed by atoms with Crippen molar-refractivity contribution in [2.24, 2.45) is 0 Å². The fraction of sp³-hybridized carbons (Fsp3) is 0.100. The van der Waals surface area contributed by atoms with Crippen LogP contribution in [0.5, 0.6) is 0 Å². The summed E-state index contributed by atoms with van der Waals surface area (Å²) in [5, 5.41) is 10.1. The minimum absolute atomic E-state index is 0.0518. The number of carbonyl (C=O) groups excluding carboxylic acids is 2. The van der Waals surface area contributed by atoms with Gasteiger partial charge in [0.15, 0.2) is 10.8 Å². The summed E-state index contributed by atoms with van der Waals surface area (Å²) >= 11 is 0.962. The number of amides is 1. The van der Waals surface area contributed by atoms with E-state index in [1.807, 2.05) is 0 Å². The average molecular weight is 266 g/mol. The first-order chi connectivity index (χ1) is 8.56. The maximum absolute atomic E-state index is 12.6. The molecule has 18 heavy (non-hydrogen) atoms. The fourth-order valence-electron chi connectivity index (χ4n) is 1.09. The zero-order chi connectivity index (χ0) is 13.1. The summed E-state index contributed by atoms with van der Waals surface area (Å²) in [6.45, 7) is 1.35. The van der Waals surface area contributed by atoms with Crippen molar-refractivity contribution in [3.8, 4) is 0 Å². The zero-order valence-electron chi connectivity index (χ0n) is 9.18. The molecule has 6 nitrogen and oxygen atoms in total. The van der Waals surface area contributed by atoms with Crippen LogP contribution in [0.4, 0.5) is 9.52 Å². The Labute approximate surface area is 105 Å². The number of rotatable bonds is 3. The smallest absolute Gasteiger partial charge is 0.276 e. The molecule has 2 aromatic rings. The molecule has 1 N–H and O–H groups in total. The van der Waals surface area contributed by atoms with E-state index in [0.29, 0.717) is 0 Å². The highest BCUT2D eigenvalue weighted by molar-refractivity contribution is 7.17. The third kappa shape index (κ3) is 2.72. The molecule has 0 aliphatic rings. The Morgan fingerprint density at radius 1 is 1.33 bits per heavy atom. The molecule has 0 saturated heterocycles. The number of Topliss-reactive ketones (excluding diaryl/α,β-unsaturated/α-hetero) is 1. The second-order valence-corrected chi connectivity index (χ2v) is 4.26. The summed E-state index contributed by atoms with van der Waals surface area (Å²) in [5.74, 6) is -1.30. The molecule has 2 aromatic heterocycles. The molecule has 0 aromatic carbocycles. The number of anilines is 1. The van der Waals surface area contributed by atoms with Crippen molar-refractivity contribution in [1.82, 2.24) is 15.2 Å². The molecule has 92 valence electrons. The first kappa shape index (κ1) is 12.2. The highest BCUT2D eigenvalue weighted by Gasteiger charge is 2.13. The molecular weight excluding hydrogens is 259 g/mol. The van der Waals surface area contributed by atoms with Gasteiger partial charge in [0.05, 0.1) is 6.20 Å². The number of aromatic nitrogens is 3. The van der Waals surface area contributed by atoms with E-state index in [1.54, 1.807) is 0 Å². The van der Waals surface area contributed by atoms with Gasteiger partial charge in [-0.1, -0.05) is 11.3 Å². The monoisotopic (exact) mass is 266 g/mol. The van der Waals surface area contributed by atoms with Crippen molar-refractivity contribution in [2.45, 2.75) is 6.92 Å². The Kier molecular flexibility index (Phi) is 3.38. The van der Waals surface area contributed by atoms with E-state index in [0.717, 1.165) is 23.6 Å². The third-order valence-electron chi connectivity index (χ3n) is 1.91. The van der Waals surface area contributed by atoms with Crippen molar-refractivity contribution in [2.75, 3.05) is 5.32 Å². The van der Waals surface area contributed by atoms with Crippen molar-refractivity contribution in [3.05, 3.63) is 34.8 Å². The lowest BCUT2D eigenvalue weighted by atomic mass is 10.3. The van der Waals surface area contributed by atoms with E-state index in [-0.39, 0.29) is 21.6 Å². The predicted molar refractivity (Wildman–Crippen MR) is 62.1 cm³/mol. The van der Waals surface area contributed by atoms with Gasteiger partial charge in [0, 0.05) is 6.92 Å². The van der Waals surface area contributed by atoms with Crippen LogP contribution in [-0.2, 0) is 0 Å². The van der Waals surface area contributed by atoms with E-state index in [2.05, 4.69) is 20.5 Å². The lowest BCUT2D eigenvalue weighted by Gasteiger charge is -1.99. The Balaban J connectivity index is 2.11. The van der Waals surface area contributed by atoms with Gasteiger partial charge in [0.25, 0.3) is 5.91 Å². The fourth-order valence-corrected chi connectivity index (χ4v) is 1.72. The van der Waals surface area contributed by atoms with Crippen molar-refractivity contribution in [3.63, 3.8) is 0 Å². The summed E-state index contributed by atoms with van der Waals surface area (Å²) in [6.07, 6.45) is 0.940. The summed E-state index contributed by atoms with van der Waals surface area (Å²) < 4.78 is 12.6. The molecule has 0 aliphatic heterocycles. The van der Waals surface area contributed by atoms with Crippen molar-refractivity contribution < 1.29 is 14.0 Å². The molecule has 2 rings (SSSR count). The molecule has 0 unspecified atom stereocenters. The highest BCUT2D eigenvalue weighted by Crippen LogP contribution is 2.16. The van der Waals surface area contributed by atoms with Crippen LogP contribution in [0.2, 0.25) is 0 Å². The van der Waals surface area contributed by atoms with Gasteiger partial charge >= 0.3 is 0 Å². The minimum Gasteiger partial charge on any atom is -0.295 e. The minimum atomic E-state index is -0.541. The Morgan fingerprint density at radius 3 is 2.67 bits per heavy atom. The zero-order valence-corrected chi connectivity index (χ0v) is 9.99. The maximum Gasteiger partial charge on any atom is 0.276 e. The van der Waals surface area contributed by atoms with Crippen LogP contribution in [0.3, 0.4) is 0 Å². The molecule has 0 saturated carbocycles. The topological polar surface area (TPSA) is 84.8 Å². The number of pyridine rings is 1. The van der Waals surface area contributed by atoms with E-state index in [9.17, 15) is 14.0 Å². The van der Waals surface area contributed by atoms with Crippen LogP contribution in [-0.4, -0.2) is 26.9 Å². The predicted octanol–water partition coefficient (Wildman–Crippen LogP) is 1.53. The molecule has 1 amide bonds. The van der Waals surface area contributed by atoms with Crippen LogP contribution in [0.25, 0.3) is 0 Å². The van der Waals surface area contributed by atoms with Crippen molar-refractivity contribution in [1.29, 1.82) is 0 Å². The number of carbonyl (C=O) groups is 2. The van der Waals surface area contributed by atoms with Crippen molar-refractivity contribution >= 4 is 28.2 Å². The molecule has 0 radical (unpaired) electrons. The number of nitrogens with one attached hydrogen (secondary N) is 1. The summed E-state index contributed by atoms with van der Waals surface area (Å²) in [6, 6.07) is 2.38. The number of halogens is 1. The van der Waals surface area contributed by atoms with E-state index in [1.165, 1.54) is 13.0 Å².